The van der Waals surface area contributed by atoms with Crippen molar-refractivity contribution in [2.45, 2.75) is 19.1 Å². The number of hydrogen-bond donors (Lipinski definition) is 2. The van der Waals surface area contributed by atoms with Crippen molar-refractivity contribution in [3.8, 4) is 0 Å². The molecule has 1 aromatic carbocycles. The number of rotatable bonds is 7. The highest BCUT2D eigenvalue weighted by Gasteiger charge is 2.36. The lowest BCUT2D eigenvalue weighted by molar-refractivity contribution is -0.180. The molecule has 1 atom stereocenters. The number of carbonyl (C=O) groups excluding carboxylic acids is 1. The molecule has 0 spiro atoms. The average molecular weight is 283 g/mol. The molecule has 0 aromatic heterocycles. The standard InChI is InChI=1S/C13H17NO6/c1-13(9-18-2,11(15)16)20-14-12(17)19-8-10-6-4-3-5-7-10/h3-7H,8-9H2,1-2H3,(H,14,17)(H,15,16)/t13-/m0/s1. The Balaban J connectivity index is 2.40. The van der Waals surface area contributed by atoms with Crippen LogP contribution in [0.25, 0.3) is 0 Å². The zero-order valence-corrected chi connectivity index (χ0v) is 11.3. The summed E-state index contributed by atoms with van der Waals surface area (Å²) in [6.07, 6.45) is -0.877. The average Bonchev–Trinajstić information content (AvgIpc) is 2.44. The number of hydroxylamine groups is 1. The van der Waals surface area contributed by atoms with E-state index in [1.165, 1.54) is 14.0 Å². The predicted molar refractivity (Wildman–Crippen MR) is 68.8 cm³/mol. The van der Waals surface area contributed by atoms with Crippen molar-refractivity contribution in [1.82, 2.24) is 5.48 Å². The van der Waals surface area contributed by atoms with Crippen LogP contribution in [-0.4, -0.2) is 36.5 Å². The van der Waals surface area contributed by atoms with E-state index in [0.29, 0.717) is 0 Å². The van der Waals surface area contributed by atoms with Crippen molar-refractivity contribution in [3.63, 3.8) is 0 Å². The maximum absolute atomic E-state index is 11.4. The van der Waals surface area contributed by atoms with Gasteiger partial charge in [0.05, 0.1) is 6.61 Å². The molecule has 0 heterocycles. The summed E-state index contributed by atoms with van der Waals surface area (Å²) in [5.41, 5.74) is 1.06. The predicted octanol–water partition coefficient (Wildman–Crippen LogP) is 1.33. The Kier molecular flexibility index (Phi) is 5.95. The molecule has 1 amide bonds. The number of aliphatic carboxylic acids is 1. The molecular formula is C13H17NO6. The summed E-state index contributed by atoms with van der Waals surface area (Å²) in [4.78, 5) is 27.2. The Bertz CT molecular complexity index is 449. The Morgan fingerprint density at radius 3 is 2.50 bits per heavy atom. The number of amides is 1. The van der Waals surface area contributed by atoms with Gasteiger partial charge in [-0.2, -0.15) is 5.48 Å². The van der Waals surface area contributed by atoms with E-state index in [1.54, 1.807) is 12.1 Å². The Morgan fingerprint density at radius 2 is 1.95 bits per heavy atom. The second-order valence-corrected chi connectivity index (χ2v) is 4.23. The number of hydrogen-bond acceptors (Lipinski definition) is 5. The van der Waals surface area contributed by atoms with Gasteiger partial charge in [0.2, 0.25) is 5.60 Å². The Morgan fingerprint density at radius 1 is 1.30 bits per heavy atom. The highest BCUT2D eigenvalue weighted by Crippen LogP contribution is 2.09. The molecule has 7 nitrogen and oxygen atoms in total. The molecule has 1 rings (SSSR count). The minimum absolute atomic E-state index is 0.0596. The van der Waals surface area contributed by atoms with Crippen LogP contribution in [-0.2, 0) is 25.7 Å². The monoisotopic (exact) mass is 283 g/mol. The molecule has 1 aromatic rings. The zero-order chi connectivity index (χ0) is 15.0. The normalized spacial score (nSPS) is 13.3. The molecule has 0 unspecified atom stereocenters. The largest absolute Gasteiger partial charge is 0.479 e. The third-order valence-corrected chi connectivity index (χ3v) is 2.44. The van der Waals surface area contributed by atoms with Crippen LogP contribution in [0.3, 0.4) is 0 Å². The number of ether oxygens (including phenoxy) is 2. The van der Waals surface area contributed by atoms with Gasteiger partial charge in [0.1, 0.15) is 6.61 Å². The van der Waals surface area contributed by atoms with Gasteiger partial charge in [0.25, 0.3) is 0 Å². The van der Waals surface area contributed by atoms with E-state index < -0.39 is 17.7 Å². The van der Waals surface area contributed by atoms with Crippen molar-refractivity contribution in [1.29, 1.82) is 0 Å². The van der Waals surface area contributed by atoms with Gasteiger partial charge >= 0.3 is 12.1 Å². The molecule has 0 radical (unpaired) electrons. The maximum atomic E-state index is 11.4. The zero-order valence-electron chi connectivity index (χ0n) is 11.3. The quantitative estimate of drug-likeness (QED) is 0.733. The fourth-order valence-electron chi connectivity index (χ4n) is 1.32. The minimum atomic E-state index is -1.68. The molecule has 0 aliphatic rings. The van der Waals surface area contributed by atoms with Crippen LogP contribution >= 0.6 is 0 Å². The van der Waals surface area contributed by atoms with Gasteiger partial charge in [-0.25, -0.2) is 9.59 Å². The molecule has 0 aliphatic carbocycles. The van der Waals surface area contributed by atoms with E-state index in [-0.39, 0.29) is 13.2 Å². The molecule has 110 valence electrons. The molecule has 0 saturated heterocycles. The highest BCUT2D eigenvalue weighted by atomic mass is 16.7. The van der Waals surface area contributed by atoms with E-state index in [9.17, 15) is 9.59 Å². The highest BCUT2D eigenvalue weighted by molar-refractivity contribution is 5.77. The van der Waals surface area contributed by atoms with Crippen LogP contribution in [0.1, 0.15) is 12.5 Å². The van der Waals surface area contributed by atoms with Crippen LogP contribution in [0, 0.1) is 0 Å². The van der Waals surface area contributed by atoms with Gasteiger partial charge in [-0.3, -0.25) is 4.84 Å². The third kappa shape index (κ3) is 4.87. The van der Waals surface area contributed by atoms with Gasteiger partial charge in [-0.1, -0.05) is 30.3 Å². The van der Waals surface area contributed by atoms with E-state index in [4.69, 9.17) is 19.4 Å². The molecule has 2 N–H and O–H groups in total. The molecule has 0 aliphatic heterocycles. The van der Waals surface area contributed by atoms with Crippen LogP contribution in [0.4, 0.5) is 4.79 Å². The van der Waals surface area contributed by atoms with Crippen molar-refractivity contribution < 1.29 is 29.0 Å². The SMILES string of the molecule is COC[C@](C)(ONC(=O)OCc1ccccc1)C(=O)O. The fraction of sp³-hybridized carbons (Fsp3) is 0.385. The van der Waals surface area contributed by atoms with Crippen LogP contribution in [0.2, 0.25) is 0 Å². The number of carboxylic acids is 1. The number of benzene rings is 1. The van der Waals surface area contributed by atoms with E-state index in [2.05, 4.69) is 0 Å². The lowest BCUT2D eigenvalue weighted by Crippen LogP contribution is -2.47. The van der Waals surface area contributed by atoms with Crippen molar-refractivity contribution in [3.05, 3.63) is 35.9 Å². The first kappa shape index (κ1) is 15.9. The summed E-state index contributed by atoms with van der Waals surface area (Å²) in [5.74, 6) is -1.26. The number of nitrogens with one attached hydrogen (secondary N) is 1. The second-order valence-electron chi connectivity index (χ2n) is 4.23. The first-order chi connectivity index (χ1) is 9.48. The number of carbonyl (C=O) groups is 2. The molecule has 0 bridgehead atoms. The van der Waals surface area contributed by atoms with Crippen LogP contribution < -0.4 is 5.48 Å². The van der Waals surface area contributed by atoms with E-state index in [0.717, 1.165) is 5.56 Å². The second kappa shape index (κ2) is 7.46. The smallest absolute Gasteiger partial charge is 0.431 e. The lowest BCUT2D eigenvalue weighted by atomic mass is 10.1. The molecule has 0 saturated carbocycles. The summed E-state index contributed by atoms with van der Waals surface area (Å²) >= 11 is 0. The summed E-state index contributed by atoms with van der Waals surface area (Å²) in [6, 6.07) is 9.05. The topological polar surface area (TPSA) is 94.1 Å². The molecule has 7 heteroatoms. The van der Waals surface area contributed by atoms with Crippen molar-refractivity contribution in [2.24, 2.45) is 0 Å². The van der Waals surface area contributed by atoms with Gasteiger partial charge in [0, 0.05) is 7.11 Å². The minimum Gasteiger partial charge on any atom is -0.479 e. The van der Waals surface area contributed by atoms with Gasteiger partial charge in [-0.05, 0) is 12.5 Å². The molecule has 0 fully saturated rings. The number of methoxy groups -OCH3 is 1. The number of carboxylic acid groups (broad SMARTS) is 1. The molecular weight excluding hydrogens is 266 g/mol. The summed E-state index contributed by atoms with van der Waals surface area (Å²) in [7, 11) is 1.33. The van der Waals surface area contributed by atoms with E-state index >= 15 is 0 Å². The van der Waals surface area contributed by atoms with E-state index in [1.807, 2.05) is 23.7 Å². The molecule has 20 heavy (non-hydrogen) atoms. The van der Waals surface area contributed by atoms with Crippen LogP contribution in [0.5, 0.6) is 0 Å². The Hall–Kier alpha value is -2.12. The van der Waals surface area contributed by atoms with Crippen LogP contribution in [0.15, 0.2) is 30.3 Å². The Labute approximate surface area is 116 Å². The van der Waals surface area contributed by atoms with Crippen molar-refractivity contribution in [2.75, 3.05) is 13.7 Å². The van der Waals surface area contributed by atoms with Gasteiger partial charge in [0.15, 0.2) is 0 Å². The first-order valence-electron chi connectivity index (χ1n) is 5.85. The lowest BCUT2D eigenvalue weighted by Gasteiger charge is -2.23. The summed E-state index contributed by atoms with van der Waals surface area (Å²) in [6.45, 7) is 1.11. The summed E-state index contributed by atoms with van der Waals surface area (Å²) in [5, 5.41) is 8.99. The van der Waals surface area contributed by atoms with Gasteiger partial charge < -0.3 is 14.6 Å². The van der Waals surface area contributed by atoms with Crippen molar-refractivity contribution >= 4 is 12.1 Å². The first-order valence-corrected chi connectivity index (χ1v) is 5.85. The summed E-state index contributed by atoms with van der Waals surface area (Å²) < 4.78 is 9.60. The maximum Gasteiger partial charge on any atom is 0.431 e. The third-order valence-electron chi connectivity index (χ3n) is 2.44. The van der Waals surface area contributed by atoms with Gasteiger partial charge in [-0.15, -0.1) is 0 Å². The fourth-order valence-corrected chi connectivity index (χ4v) is 1.32.